The van der Waals surface area contributed by atoms with Crippen LogP contribution in [-0.4, -0.2) is 28.6 Å². The van der Waals surface area contributed by atoms with Gasteiger partial charge in [-0.25, -0.2) is 0 Å². The molecule has 0 fully saturated rings. The molecule has 6 nitrogen and oxygen atoms in total. The van der Waals surface area contributed by atoms with Crippen LogP contribution in [0.4, 0.5) is 5.69 Å². The quantitative estimate of drug-likeness (QED) is 0.361. The van der Waals surface area contributed by atoms with Gasteiger partial charge in [-0.1, -0.05) is 76.1 Å². The van der Waals surface area contributed by atoms with Gasteiger partial charge in [0.1, 0.15) is 11.7 Å². The predicted octanol–water partition coefficient (Wildman–Crippen LogP) is 6.07. The molecule has 1 unspecified atom stereocenters. The minimum Gasteiger partial charge on any atom is -0.354 e. The van der Waals surface area contributed by atoms with Gasteiger partial charge in [-0.05, 0) is 54.0 Å². The highest BCUT2D eigenvalue weighted by Crippen LogP contribution is 2.36. The summed E-state index contributed by atoms with van der Waals surface area (Å²) >= 11 is 0. The lowest BCUT2D eigenvalue weighted by Gasteiger charge is -2.28. The van der Waals surface area contributed by atoms with E-state index in [1.165, 1.54) is 0 Å². The SMILES string of the molecule is CCCCC(NC(=O)c1[nH]c2c(c1C)C(=O)CC(C)(C)C2)C(=O)Nc1cccc(-c2ccccc2)c1. The van der Waals surface area contributed by atoms with E-state index < -0.39 is 6.04 Å². The van der Waals surface area contributed by atoms with Gasteiger partial charge in [-0.15, -0.1) is 0 Å². The molecule has 0 bridgehead atoms. The number of nitrogens with one attached hydrogen (secondary N) is 3. The zero-order valence-electron chi connectivity index (χ0n) is 21.5. The third-order valence-corrected chi connectivity index (χ3v) is 6.83. The van der Waals surface area contributed by atoms with Crippen molar-refractivity contribution in [2.24, 2.45) is 5.41 Å². The van der Waals surface area contributed by atoms with E-state index in [1.807, 2.05) is 54.6 Å². The van der Waals surface area contributed by atoms with E-state index in [-0.39, 0.29) is 23.0 Å². The van der Waals surface area contributed by atoms with Crippen LogP contribution in [0.5, 0.6) is 0 Å². The Bertz CT molecular complexity index is 1270. The average molecular weight is 486 g/mol. The second-order valence-electron chi connectivity index (χ2n) is 10.5. The van der Waals surface area contributed by atoms with Crippen LogP contribution in [0.1, 0.15) is 78.6 Å². The summed E-state index contributed by atoms with van der Waals surface area (Å²) in [6.45, 7) is 7.97. The zero-order valence-corrected chi connectivity index (χ0v) is 21.5. The van der Waals surface area contributed by atoms with Crippen molar-refractivity contribution >= 4 is 23.3 Å². The van der Waals surface area contributed by atoms with Gasteiger partial charge in [0, 0.05) is 23.4 Å². The summed E-state index contributed by atoms with van der Waals surface area (Å²) < 4.78 is 0. The highest BCUT2D eigenvalue weighted by atomic mass is 16.2. The molecule has 3 aromatic rings. The van der Waals surface area contributed by atoms with Crippen LogP contribution in [0.2, 0.25) is 0 Å². The van der Waals surface area contributed by atoms with E-state index in [1.54, 1.807) is 6.92 Å². The molecule has 1 aliphatic rings. The lowest BCUT2D eigenvalue weighted by atomic mass is 9.75. The molecule has 0 saturated carbocycles. The van der Waals surface area contributed by atoms with Gasteiger partial charge in [0.25, 0.3) is 5.91 Å². The molecule has 4 rings (SSSR count). The Morgan fingerprint density at radius 2 is 1.75 bits per heavy atom. The molecule has 36 heavy (non-hydrogen) atoms. The van der Waals surface area contributed by atoms with Crippen molar-refractivity contribution in [2.75, 3.05) is 5.32 Å². The number of aromatic amines is 1. The number of ketones is 1. The highest BCUT2D eigenvalue weighted by Gasteiger charge is 2.35. The number of benzene rings is 2. The molecule has 0 radical (unpaired) electrons. The van der Waals surface area contributed by atoms with Crippen LogP contribution >= 0.6 is 0 Å². The number of aromatic nitrogens is 1. The molecular weight excluding hydrogens is 450 g/mol. The fourth-order valence-electron chi connectivity index (χ4n) is 5.00. The molecule has 2 amide bonds. The van der Waals surface area contributed by atoms with Gasteiger partial charge in [0.05, 0.1) is 0 Å². The highest BCUT2D eigenvalue weighted by molar-refractivity contribution is 6.06. The van der Waals surface area contributed by atoms with Crippen LogP contribution in [0, 0.1) is 12.3 Å². The normalized spacial score (nSPS) is 15.2. The number of amides is 2. The summed E-state index contributed by atoms with van der Waals surface area (Å²) in [4.78, 5) is 42.5. The van der Waals surface area contributed by atoms with Gasteiger partial charge in [-0.2, -0.15) is 0 Å². The Kier molecular flexibility index (Phi) is 7.43. The van der Waals surface area contributed by atoms with Gasteiger partial charge >= 0.3 is 0 Å². The Balaban J connectivity index is 1.52. The van der Waals surface area contributed by atoms with E-state index in [0.29, 0.717) is 41.8 Å². The fourth-order valence-corrected chi connectivity index (χ4v) is 5.00. The van der Waals surface area contributed by atoms with Crippen LogP contribution in [-0.2, 0) is 11.2 Å². The van der Waals surface area contributed by atoms with Crippen LogP contribution < -0.4 is 10.6 Å². The van der Waals surface area contributed by atoms with Crippen molar-refractivity contribution in [3.8, 4) is 11.1 Å². The maximum atomic E-state index is 13.3. The standard InChI is InChI=1S/C30H35N3O3/c1-5-6-15-23(28(35)31-22-14-10-13-21(16-22)20-11-8-7-9-12-20)33-29(36)27-19(2)26-24(32-27)17-30(3,4)18-25(26)34/h7-14,16,23,32H,5-6,15,17-18H2,1-4H3,(H,31,35)(H,33,36). The molecule has 3 N–H and O–H groups in total. The van der Waals surface area contributed by atoms with Crippen molar-refractivity contribution in [1.82, 2.24) is 10.3 Å². The number of carbonyl (C=O) groups excluding carboxylic acids is 3. The molecule has 188 valence electrons. The Hall–Kier alpha value is -3.67. The topological polar surface area (TPSA) is 91.1 Å². The summed E-state index contributed by atoms with van der Waals surface area (Å²) in [6, 6.07) is 17.0. The molecule has 2 aromatic carbocycles. The van der Waals surface area contributed by atoms with Crippen molar-refractivity contribution in [3.05, 3.63) is 77.1 Å². The van der Waals surface area contributed by atoms with Gasteiger partial charge < -0.3 is 15.6 Å². The second-order valence-corrected chi connectivity index (χ2v) is 10.5. The average Bonchev–Trinajstić information content (AvgIpc) is 3.17. The van der Waals surface area contributed by atoms with Crippen molar-refractivity contribution in [3.63, 3.8) is 0 Å². The molecule has 0 saturated heterocycles. The van der Waals surface area contributed by atoms with Crippen LogP contribution in [0.25, 0.3) is 11.1 Å². The van der Waals surface area contributed by atoms with Crippen LogP contribution in [0.15, 0.2) is 54.6 Å². The van der Waals surface area contributed by atoms with Crippen molar-refractivity contribution in [2.45, 2.75) is 65.8 Å². The number of hydrogen-bond donors (Lipinski definition) is 3. The molecule has 1 atom stereocenters. The Morgan fingerprint density at radius 1 is 1.03 bits per heavy atom. The Labute approximate surface area is 212 Å². The smallest absolute Gasteiger partial charge is 0.268 e. The summed E-state index contributed by atoms with van der Waals surface area (Å²) in [6.07, 6.45) is 3.40. The van der Waals surface area contributed by atoms with E-state index in [2.05, 4.69) is 36.4 Å². The molecular formula is C30H35N3O3. The summed E-state index contributed by atoms with van der Waals surface area (Å²) in [7, 11) is 0. The van der Waals surface area contributed by atoms with E-state index in [4.69, 9.17) is 0 Å². The van der Waals surface area contributed by atoms with E-state index >= 15 is 0 Å². The minimum absolute atomic E-state index is 0.0626. The van der Waals surface area contributed by atoms with Crippen molar-refractivity contribution < 1.29 is 14.4 Å². The molecule has 0 aliphatic heterocycles. The monoisotopic (exact) mass is 485 g/mol. The van der Waals surface area contributed by atoms with Gasteiger partial charge in [0.15, 0.2) is 5.78 Å². The maximum Gasteiger partial charge on any atom is 0.268 e. The number of fused-ring (bicyclic) bond motifs is 1. The molecule has 1 aromatic heterocycles. The third-order valence-electron chi connectivity index (χ3n) is 6.83. The first-order valence-corrected chi connectivity index (χ1v) is 12.7. The maximum absolute atomic E-state index is 13.3. The number of hydrogen-bond acceptors (Lipinski definition) is 3. The van der Waals surface area contributed by atoms with E-state index in [9.17, 15) is 14.4 Å². The summed E-state index contributed by atoms with van der Waals surface area (Å²) in [5.74, 6) is -0.553. The number of carbonyl (C=O) groups is 3. The fraction of sp³-hybridized carbons (Fsp3) is 0.367. The predicted molar refractivity (Wildman–Crippen MR) is 143 cm³/mol. The first kappa shape index (κ1) is 25.4. The third kappa shape index (κ3) is 5.59. The molecule has 0 spiro atoms. The van der Waals surface area contributed by atoms with Gasteiger partial charge in [-0.3, -0.25) is 14.4 Å². The van der Waals surface area contributed by atoms with Crippen LogP contribution in [0.3, 0.4) is 0 Å². The summed E-state index contributed by atoms with van der Waals surface area (Å²) in [5.41, 5.74) is 5.07. The largest absolute Gasteiger partial charge is 0.354 e. The lowest BCUT2D eigenvalue weighted by Crippen LogP contribution is -2.44. The molecule has 1 heterocycles. The minimum atomic E-state index is -0.690. The number of H-pyrrole nitrogens is 1. The second kappa shape index (κ2) is 10.5. The Morgan fingerprint density at radius 3 is 2.47 bits per heavy atom. The number of rotatable bonds is 8. The number of Topliss-reactive ketones (excluding diaryl/α,β-unsaturated/α-hetero) is 1. The first-order valence-electron chi connectivity index (χ1n) is 12.7. The van der Waals surface area contributed by atoms with Gasteiger partial charge in [0.2, 0.25) is 5.91 Å². The van der Waals surface area contributed by atoms with E-state index in [0.717, 1.165) is 29.7 Å². The summed E-state index contributed by atoms with van der Waals surface area (Å²) in [5, 5.41) is 5.91. The lowest BCUT2D eigenvalue weighted by molar-refractivity contribution is -0.118. The number of anilines is 1. The number of unbranched alkanes of at least 4 members (excludes halogenated alkanes) is 1. The molecule has 6 heteroatoms. The zero-order chi connectivity index (χ0) is 25.9. The molecule has 1 aliphatic carbocycles. The van der Waals surface area contributed by atoms with Crippen molar-refractivity contribution in [1.29, 1.82) is 0 Å². The first-order chi connectivity index (χ1) is 17.2.